The third-order valence-corrected chi connectivity index (χ3v) is 4.97. The molecule has 0 spiro atoms. The predicted octanol–water partition coefficient (Wildman–Crippen LogP) is 3.00. The lowest BCUT2D eigenvalue weighted by Gasteiger charge is -2.26. The fourth-order valence-electron chi connectivity index (χ4n) is 2.70. The topological polar surface area (TPSA) is 53.9 Å². The summed E-state index contributed by atoms with van der Waals surface area (Å²) in [5, 5.41) is 4.04. The molecule has 1 N–H and O–H groups in total. The van der Waals surface area contributed by atoms with Crippen molar-refractivity contribution in [1.29, 1.82) is 0 Å². The highest BCUT2D eigenvalue weighted by atomic mass is 32.2. The van der Waals surface area contributed by atoms with Crippen molar-refractivity contribution in [2.24, 2.45) is 5.10 Å². The Labute approximate surface area is 158 Å². The molecule has 1 amide bonds. The first kappa shape index (κ1) is 18.6. The zero-order valence-corrected chi connectivity index (χ0v) is 15.7. The maximum atomic E-state index is 12.2. The quantitative estimate of drug-likeness (QED) is 0.483. The van der Waals surface area contributed by atoms with Crippen LogP contribution in [0.15, 0.2) is 58.5 Å². The number of carbonyl (C=O) groups excluding carboxylic acids is 1. The van der Waals surface area contributed by atoms with E-state index in [1.54, 1.807) is 18.0 Å². The molecule has 1 saturated heterocycles. The van der Waals surface area contributed by atoms with Gasteiger partial charge in [-0.2, -0.15) is 5.10 Å². The molecule has 0 bridgehead atoms. The van der Waals surface area contributed by atoms with Crippen LogP contribution in [-0.4, -0.2) is 49.6 Å². The smallest absolute Gasteiger partial charge is 0.271 e. The molecule has 1 fully saturated rings. The van der Waals surface area contributed by atoms with Gasteiger partial charge in [0, 0.05) is 30.1 Å². The van der Waals surface area contributed by atoms with Crippen molar-refractivity contribution in [3.05, 3.63) is 65.2 Å². The fraction of sp³-hybridized carbons (Fsp3) is 0.300. The second-order valence-electron chi connectivity index (χ2n) is 6.06. The highest BCUT2D eigenvalue weighted by Gasteiger charge is 2.11. The molecule has 1 aliphatic rings. The van der Waals surface area contributed by atoms with Crippen LogP contribution < -0.4 is 5.43 Å². The van der Waals surface area contributed by atoms with Crippen LogP contribution >= 0.6 is 11.8 Å². The van der Waals surface area contributed by atoms with Crippen LogP contribution in [0.5, 0.6) is 0 Å². The third-order valence-electron chi connectivity index (χ3n) is 4.22. The Hall–Kier alpha value is -2.15. The fourth-order valence-corrected chi connectivity index (χ4v) is 3.11. The van der Waals surface area contributed by atoms with Crippen LogP contribution in [0, 0.1) is 0 Å². The summed E-state index contributed by atoms with van der Waals surface area (Å²) in [6, 6.07) is 15.7. The van der Waals surface area contributed by atoms with Gasteiger partial charge in [-0.15, -0.1) is 11.8 Å². The average molecular weight is 369 g/mol. The standard InChI is InChI=1S/C20H23N3O2S/c1-26-19-8-4-16(5-9-19)14-21-22-20(24)18-6-2-17(3-7-18)15-23-10-12-25-13-11-23/h2-9,14H,10-13,15H2,1H3,(H,22,24)/b21-14-. The van der Waals surface area contributed by atoms with Gasteiger partial charge in [-0.3, -0.25) is 9.69 Å². The number of benzene rings is 2. The van der Waals surface area contributed by atoms with Gasteiger partial charge in [-0.25, -0.2) is 5.43 Å². The molecule has 3 rings (SSSR count). The molecule has 0 aromatic heterocycles. The zero-order valence-electron chi connectivity index (χ0n) is 14.9. The van der Waals surface area contributed by atoms with Crippen molar-refractivity contribution < 1.29 is 9.53 Å². The van der Waals surface area contributed by atoms with Gasteiger partial charge in [0.2, 0.25) is 0 Å². The van der Waals surface area contributed by atoms with Crippen molar-refractivity contribution >= 4 is 23.9 Å². The highest BCUT2D eigenvalue weighted by molar-refractivity contribution is 7.98. The first-order chi connectivity index (χ1) is 12.7. The van der Waals surface area contributed by atoms with Gasteiger partial charge in [0.05, 0.1) is 19.4 Å². The molecule has 1 aliphatic heterocycles. The van der Waals surface area contributed by atoms with E-state index in [1.165, 1.54) is 10.5 Å². The van der Waals surface area contributed by atoms with E-state index in [4.69, 9.17) is 4.74 Å². The molecule has 5 nitrogen and oxygen atoms in total. The van der Waals surface area contributed by atoms with E-state index >= 15 is 0 Å². The lowest BCUT2D eigenvalue weighted by Crippen LogP contribution is -2.35. The van der Waals surface area contributed by atoms with E-state index in [0.717, 1.165) is 38.4 Å². The van der Waals surface area contributed by atoms with E-state index < -0.39 is 0 Å². The number of morpholine rings is 1. The Kier molecular flexibility index (Phi) is 6.82. The van der Waals surface area contributed by atoms with Gasteiger partial charge in [-0.05, 0) is 41.6 Å². The maximum absolute atomic E-state index is 12.2. The Morgan fingerprint density at radius 3 is 2.50 bits per heavy atom. The van der Waals surface area contributed by atoms with Crippen molar-refractivity contribution in [2.75, 3.05) is 32.6 Å². The summed E-state index contributed by atoms with van der Waals surface area (Å²) in [6.07, 6.45) is 3.68. The van der Waals surface area contributed by atoms with E-state index in [-0.39, 0.29) is 5.91 Å². The minimum Gasteiger partial charge on any atom is -0.379 e. The molecular weight excluding hydrogens is 346 g/mol. The van der Waals surface area contributed by atoms with Gasteiger partial charge in [0.15, 0.2) is 0 Å². The largest absolute Gasteiger partial charge is 0.379 e. The first-order valence-corrected chi connectivity index (χ1v) is 9.83. The number of thioether (sulfide) groups is 1. The van der Waals surface area contributed by atoms with E-state index in [1.807, 2.05) is 54.8 Å². The van der Waals surface area contributed by atoms with Crippen LogP contribution in [0.4, 0.5) is 0 Å². The highest BCUT2D eigenvalue weighted by Crippen LogP contribution is 2.14. The number of ether oxygens (including phenoxy) is 1. The van der Waals surface area contributed by atoms with Gasteiger partial charge >= 0.3 is 0 Å². The van der Waals surface area contributed by atoms with E-state index in [9.17, 15) is 4.79 Å². The number of carbonyl (C=O) groups is 1. The Morgan fingerprint density at radius 2 is 1.85 bits per heavy atom. The molecule has 1 heterocycles. The summed E-state index contributed by atoms with van der Waals surface area (Å²) in [7, 11) is 0. The van der Waals surface area contributed by atoms with Crippen molar-refractivity contribution in [3.63, 3.8) is 0 Å². The minimum atomic E-state index is -0.208. The van der Waals surface area contributed by atoms with Gasteiger partial charge < -0.3 is 4.74 Å². The van der Waals surface area contributed by atoms with Crippen LogP contribution in [0.25, 0.3) is 0 Å². The minimum absolute atomic E-state index is 0.208. The molecular formula is C20H23N3O2S. The number of nitrogens with zero attached hydrogens (tertiary/aromatic N) is 2. The van der Waals surface area contributed by atoms with Crippen LogP contribution in [0.2, 0.25) is 0 Å². The first-order valence-electron chi connectivity index (χ1n) is 8.61. The molecule has 2 aromatic carbocycles. The molecule has 0 atom stereocenters. The molecule has 0 unspecified atom stereocenters. The Morgan fingerprint density at radius 1 is 1.15 bits per heavy atom. The summed E-state index contributed by atoms with van der Waals surface area (Å²) in [4.78, 5) is 15.7. The van der Waals surface area contributed by atoms with E-state index in [2.05, 4.69) is 15.4 Å². The number of nitrogens with one attached hydrogen (secondary N) is 1. The predicted molar refractivity (Wildman–Crippen MR) is 106 cm³/mol. The second-order valence-corrected chi connectivity index (χ2v) is 6.94. The van der Waals surface area contributed by atoms with Crippen molar-refractivity contribution in [2.45, 2.75) is 11.4 Å². The Balaban J connectivity index is 1.51. The van der Waals surface area contributed by atoms with Crippen LogP contribution in [-0.2, 0) is 11.3 Å². The summed E-state index contributed by atoms with van der Waals surface area (Å²) in [5.41, 5.74) is 5.32. The molecule has 2 aromatic rings. The lowest BCUT2D eigenvalue weighted by atomic mass is 10.1. The normalized spacial score (nSPS) is 15.3. The molecule has 26 heavy (non-hydrogen) atoms. The Bertz CT molecular complexity index is 739. The second kappa shape index (κ2) is 9.52. The van der Waals surface area contributed by atoms with Crippen LogP contribution in [0.3, 0.4) is 0 Å². The number of hydrogen-bond donors (Lipinski definition) is 1. The SMILES string of the molecule is CSc1ccc(/C=N\NC(=O)c2ccc(CN3CCOCC3)cc2)cc1. The van der Waals surface area contributed by atoms with Gasteiger partial charge in [0.1, 0.15) is 0 Å². The van der Waals surface area contributed by atoms with Crippen LogP contribution in [0.1, 0.15) is 21.5 Å². The van der Waals surface area contributed by atoms with Crippen molar-refractivity contribution in [3.8, 4) is 0 Å². The summed E-state index contributed by atoms with van der Waals surface area (Å²) in [6.45, 7) is 4.37. The molecule has 0 saturated carbocycles. The molecule has 0 aliphatic carbocycles. The molecule has 136 valence electrons. The summed E-state index contributed by atoms with van der Waals surface area (Å²) < 4.78 is 5.36. The van der Waals surface area contributed by atoms with E-state index in [0.29, 0.717) is 5.56 Å². The third kappa shape index (κ3) is 5.42. The monoisotopic (exact) mass is 369 g/mol. The summed E-state index contributed by atoms with van der Waals surface area (Å²) >= 11 is 1.69. The lowest BCUT2D eigenvalue weighted by molar-refractivity contribution is 0.0342. The average Bonchev–Trinajstić information content (AvgIpc) is 2.70. The number of rotatable bonds is 6. The number of hydrazone groups is 1. The molecule has 0 radical (unpaired) electrons. The number of hydrogen-bond acceptors (Lipinski definition) is 5. The molecule has 6 heteroatoms. The van der Waals surface area contributed by atoms with Gasteiger partial charge in [0.25, 0.3) is 5.91 Å². The summed E-state index contributed by atoms with van der Waals surface area (Å²) in [5.74, 6) is -0.208. The maximum Gasteiger partial charge on any atom is 0.271 e. The van der Waals surface area contributed by atoms with Crippen molar-refractivity contribution in [1.82, 2.24) is 10.3 Å². The number of amides is 1. The van der Waals surface area contributed by atoms with Gasteiger partial charge in [-0.1, -0.05) is 24.3 Å². The zero-order chi connectivity index (χ0) is 18.2.